The van der Waals surface area contributed by atoms with Gasteiger partial charge in [0.1, 0.15) is 11.5 Å². The molecule has 35 heavy (non-hydrogen) atoms. The number of ether oxygens (including phenoxy) is 2. The van der Waals surface area contributed by atoms with E-state index in [9.17, 15) is 0 Å². The van der Waals surface area contributed by atoms with Gasteiger partial charge < -0.3 is 19.3 Å². The van der Waals surface area contributed by atoms with Crippen LogP contribution in [0.5, 0.6) is 11.5 Å². The van der Waals surface area contributed by atoms with Gasteiger partial charge in [-0.15, -0.1) is 0 Å². The summed E-state index contributed by atoms with van der Waals surface area (Å²) in [4.78, 5) is 4.64. The standard InChI is InChI=1S/C31H32N2O2/c1-31(2,25-13-15-29-23(17-25)19-32(21-34-29)27-9-5-3-6-10-27)26-14-16-30-24(18-26)20-33(22-35-30)28-11-7-4-8-12-28/h3-7,9-11,13-18H,8,12,19-22H2,1-2H3. The number of hydrogen-bond donors (Lipinski definition) is 0. The monoisotopic (exact) mass is 464 g/mol. The van der Waals surface area contributed by atoms with Crippen molar-refractivity contribution in [3.63, 3.8) is 0 Å². The minimum absolute atomic E-state index is 0.145. The minimum Gasteiger partial charge on any atom is -0.473 e. The van der Waals surface area contributed by atoms with Gasteiger partial charge in [0.2, 0.25) is 0 Å². The zero-order valence-corrected chi connectivity index (χ0v) is 20.5. The maximum atomic E-state index is 6.13. The summed E-state index contributed by atoms with van der Waals surface area (Å²) in [7, 11) is 0. The number of nitrogens with zero attached hydrogens (tertiary/aromatic N) is 2. The topological polar surface area (TPSA) is 24.9 Å². The van der Waals surface area contributed by atoms with Crippen LogP contribution in [0.2, 0.25) is 0 Å². The Bertz CT molecular complexity index is 1290. The van der Waals surface area contributed by atoms with Crippen molar-refractivity contribution in [2.75, 3.05) is 18.4 Å². The molecule has 0 fully saturated rings. The molecule has 0 bridgehead atoms. The van der Waals surface area contributed by atoms with E-state index in [1.54, 1.807) is 0 Å². The molecule has 0 atom stereocenters. The van der Waals surface area contributed by atoms with E-state index < -0.39 is 0 Å². The highest BCUT2D eigenvalue weighted by atomic mass is 16.5. The highest BCUT2D eigenvalue weighted by Crippen LogP contribution is 2.39. The highest BCUT2D eigenvalue weighted by molar-refractivity contribution is 5.52. The smallest absolute Gasteiger partial charge is 0.161 e. The molecule has 0 spiro atoms. The van der Waals surface area contributed by atoms with Gasteiger partial charge in [0.05, 0.1) is 0 Å². The molecule has 0 N–H and O–H groups in total. The number of benzene rings is 3. The van der Waals surface area contributed by atoms with E-state index in [2.05, 4.69) is 109 Å². The van der Waals surface area contributed by atoms with Gasteiger partial charge in [-0.3, -0.25) is 0 Å². The fourth-order valence-electron chi connectivity index (χ4n) is 5.27. The van der Waals surface area contributed by atoms with Crippen molar-refractivity contribution in [1.82, 2.24) is 4.90 Å². The van der Waals surface area contributed by atoms with E-state index in [-0.39, 0.29) is 5.41 Å². The Balaban J connectivity index is 1.27. The normalized spacial score (nSPS) is 17.1. The quantitative estimate of drug-likeness (QED) is 0.426. The molecule has 6 rings (SSSR count). The Hall–Kier alpha value is -3.66. The molecule has 3 aromatic rings. The van der Waals surface area contributed by atoms with Crippen LogP contribution in [0.15, 0.2) is 90.7 Å². The van der Waals surface area contributed by atoms with Gasteiger partial charge in [0.25, 0.3) is 0 Å². The molecule has 4 nitrogen and oxygen atoms in total. The number of hydrogen-bond acceptors (Lipinski definition) is 4. The number of rotatable bonds is 4. The van der Waals surface area contributed by atoms with Crippen molar-refractivity contribution in [2.45, 2.75) is 45.2 Å². The number of fused-ring (bicyclic) bond motifs is 2. The molecule has 4 heteroatoms. The summed E-state index contributed by atoms with van der Waals surface area (Å²) in [5.74, 6) is 1.99. The highest BCUT2D eigenvalue weighted by Gasteiger charge is 2.28. The maximum Gasteiger partial charge on any atom is 0.161 e. The molecule has 0 saturated heterocycles. The number of para-hydroxylation sites is 1. The van der Waals surface area contributed by atoms with Crippen molar-refractivity contribution in [1.29, 1.82) is 0 Å². The van der Waals surface area contributed by atoms with E-state index in [4.69, 9.17) is 9.47 Å². The average Bonchev–Trinajstić information content (AvgIpc) is 2.92. The average molecular weight is 465 g/mol. The summed E-state index contributed by atoms with van der Waals surface area (Å²) in [5, 5.41) is 0. The summed E-state index contributed by atoms with van der Waals surface area (Å²) in [6.07, 6.45) is 8.79. The predicted octanol–water partition coefficient (Wildman–Crippen LogP) is 6.75. The molecule has 0 aromatic heterocycles. The molecule has 2 heterocycles. The van der Waals surface area contributed by atoms with Crippen molar-refractivity contribution in [2.24, 2.45) is 0 Å². The van der Waals surface area contributed by atoms with Crippen LogP contribution in [0.3, 0.4) is 0 Å². The summed E-state index contributed by atoms with van der Waals surface area (Å²) in [5.41, 5.74) is 7.49. The lowest BCUT2D eigenvalue weighted by atomic mass is 9.77. The number of anilines is 1. The van der Waals surface area contributed by atoms with Crippen LogP contribution >= 0.6 is 0 Å². The molecule has 3 aliphatic rings. The Morgan fingerprint density at radius 2 is 1.37 bits per heavy atom. The third-order valence-corrected chi connectivity index (χ3v) is 7.56. The lowest BCUT2D eigenvalue weighted by Gasteiger charge is -2.35. The minimum atomic E-state index is -0.145. The molecule has 0 radical (unpaired) electrons. The summed E-state index contributed by atoms with van der Waals surface area (Å²) in [6, 6.07) is 23.9. The van der Waals surface area contributed by atoms with Crippen LogP contribution in [-0.4, -0.2) is 18.4 Å². The van der Waals surface area contributed by atoms with E-state index >= 15 is 0 Å². The van der Waals surface area contributed by atoms with Gasteiger partial charge in [-0.1, -0.05) is 56.3 Å². The number of allylic oxidation sites excluding steroid dienone is 4. The summed E-state index contributed by atoms with van der Waals surface area (Å²) < 4.78 is 12.2. The van der Waals surface area contributed by atoms with E-state index in [1.807, 2.05) is 0 Å². The first-order valence-corrected chi connectivity index (χ1v) is 12.5. The second-order valence-corrected chi connectivity index (χ2v) is 10.2. The van der Waals surface area contributed by atoms with Gasteiger partial charge in [-0.05, 0) is 66.4 Å². The molecule has 0 saturated carbocycles. The van der Waals surface area contributed by atoms with Crippen LogP contribution < -0.4 is 14.4 Å². The summed E-state index contributed by atoms with van der Waals surface area (Å²) >= 11 is 0. The zero-order chi connectivity index (χ0) is 23.8. The Morgan fingerprint density at radius 1 is 0.743 bits per heavy atom. The third-order valence-electron chi connectivity index (χ3n) is 7.56. The molecule has 2 aliphatic heterocycles. The van der Waals surface area contributed by atoms with Crippen LogP contribution in [0.1, 0.15) is 48.9 Å². The molecule has 178 valence electrons. The summed E-state index contributed by atoms with van der Waals surface area (Å²) in [6.45, 7) is 7.56. The van der Waals surface area contributed by atoms with Crippen LogP contribution in [0.25, 0.3) is 0 Å². The van der Waals surface area contributed by atoms with Gasteiger partial charge >= 0.3 is 0 Å². The van der Waals surface area contributed by atoms with E-state index in [0.717, 1.165) is 37.4 Å². The first-order chi connectivity index (χ1) is 17.1. The lowest BCUT2D eigenvalue weighted by molar-refractivity contribution is 0.124. The van der Waals surface area contributed by atoms with E-state index in [0.29, 0.717) is 13.5 Å². The largest absolute Gasteiger partial charge is 0.473 e. The van der Waals surface area contributed by atoms with Gasteiger partial charge in [-0.2, -0.15) is 0 Å². The molecule has 1 aliphatic carbocycles. The second kappa shape index (κ2) is 8.84. The first-order valence-electron chi connectivity index (χ1n) is 12.5. The fourth-order valence-corrected chi connectivity index (χ4v) is 5.27. The third kappa shape index (κ3) is 4.18. The van der Waals surface area contributed by atoms with Gasteiger partial charge in [-0.25, -0.2) is 0 Å². The molecule has 0 amide bonds. The molecular formula is C31H32N2O2. The van der Waals surface area contributed by atoms with Gasteiger partial charge in [0.15, 0.2) is 13.5 Å². The predicted molar refractivity (Wildman–Crippen MR) is 141 cm³/mol. The first kappa shape index (κ1) is 21.8. The second-order valence-electron chi connectivity index (χ2n) is 10.2. The Kier molecular flexibility index (Phi) is 5.52. The SMILES string of the molecule is CC(C)(c1ccc2c(c1)CN(C1=CC=CCC1)CO2)c1ccc2c(c1)CN(c1ccccc1)CO2. The van der Waals surface area contributed by atoms with Gasteiger partial charge in [0, 0.05) is 41.0 Å². The molecular weight excluding hydrogens is 432 g/mol. The van der Waals surface area contributed by atoms with Crippen LogP contribution in [0.4, 0.5) is 5.69 Å². The van der Waals surface area contributed by atoms with Crippen molar-refractivity contribution in [3.05, 3.63) is 113 Å². The van der Waals surface area contributed by atoms with E-state index in [1.165, 1.54) is 33.6 Å². The Labute approximate surface area is 208 Å². The maximum absolute atomic E-state index is 6.13. The van der Waals surface area contributed by atoms with Crippen LogP contribution in [0, 0.1) is 0 Å². The van der Waals surface area contributed by atoms with Crippen molar-refractivity contribution >= 4 is 5.69 Å². The lowest BCUT2D eigenvalue weighted by Crippen LogP contribution is -2.32. The van der Waals surface area contributed by atoms with Crippen molar-refractivity contribution in [3.8, 4) is 11.5 Å². The fraction of sp³-hybridized carbons (Fsp3) is 0.290. The Morgan fingerprint density at radius 3 is 2.00 bits per heavy atom. The van der Waals surface area contributed by atoms with Crippen molar-refractivity contribution < 1.29 is 9.47 Å². The molecule has 3 aromatic carbocycles. The zero-order valence-electron chi connectivity index (χ0n) is 20.5. The molecule has 0 unspecified atom stereocenters. The van der Waals surface area contributed by atoms with Crippen LogP contribution in [-0.2, 0) is 18.5 Å².